The van der Waals surface area contributed by atoms with E-state index in [0.29, 0.717) is 17.9 Å². The van der Waals surface area contributed by atoms with E-state index in [9.17, 15) is 47.8 Å². The number of carbonyl (C=O) groups is 3. The number of hydrogen-bond acceptors (Lipinski definition) is 16. The number of aromatic nitrogens is 4. The minimum Gasteiger partial charge on any atom is -0.440 e. The first kappa shape index (κ1) is 62.9. The maximum Gasteiger partial charge on any atom is 0.490 e. The number of phosphoric acid groups is 3. The van der Waals surface area contributed by atoms with Gasteiger partial charge in [-0.05, 0) is 115 Å². The minimum absolute atomic E-state index is 0.0270. The average molecular weight is 1250 g/mol. The molecule has 6 heterocycles. The fourth-order valence-electron chi connectivity index (χ4n) is 13.6. The van der Waals surface area contributed by atoms with Gasteiger partial charge >= 0.3 is 35.2 Å². The summed E-state index contributed by atoms with van der Waals surface area (Å²) in [6.07, 6.45) is -1.30. The summed E-state index contributed by atoms with van der Waals surface area (Å²) in [7, 11) is -14.2. The first-order valence-electron chi connectivity index (χ1n) is 28.6. The van der Waals surface area contributed by atoms with Gasteiger partial charge in [0.2, 0.25) is 23.0 Å². The van der Waals surface area contributed by atoms with Crippen LogP contribution in [0.2, 0.25) is 0 Å². The van der Waals surface area contributed by atoms with E-state index >= 15 is 0 Å². The Kier molecular flexibility index (Phi) is 17.3. The molecule has 7 atom stereocenters. The predicted molar refractivity (Wildman–Crippen MR) is 313 cm³/mol. The van der Waals surface area contributed by atoms with Crippen molar-refractivity contribution >= 4 is 69.7 Å². The van der Waals surface area contributed by atoms with Crippen molar-refractivity contribution in [1.82, 2.24) is 34.6 Å². The van der Waals surface area contributed by atoms with E-state index in [1.165, 1.54) is 62.0 Å². The highest BCUT2D eigenvalue weighted by Gasteiger charge is 2.52. The highest BCUT2D eigenvalue weighted by atomic mass is 31.3. The first-order valence-corrected chi connectivity index (χ1v) is 33.1. The van der Waals surface area contributed by atoms with Crippen LogP contribution in [0.1, 0.15) is 135 Å². The van der Waals surface area contributed by atoms with Crippen LogP contribution >= 0.6 is 23.5 Å². The molecule has 0 spiro atoms. The predicted octanol–water partition coefficient (Wildman–Crippen LogP) is 2.88. The van der Waals surface area contributed by atoms with Gasteiger partial charge in [0.25, 0.3) is 17.4 Å². The van der Waals surface area contributed by atoms with Crippen LogP contribution in [0, 0.1) is 0 Å². The van der Waals surface area contributed by atoms with Crippen molar-refractivity contribution in [1.29, 1.82) is 0 Å². The number of nitrogen functional groups attached to an aromatic ring is 1. The molecule has 5 aliphatic rings. The first-order chi connectivity index (χ1) is 40.4. The molecule has 0 saturated carbocycles. The normalized spacial score (nSPS) is 22.4. The van der Waals surface area contributed by atoms with Crippen molar-refractivity contribution in [2.45, 2.75) is 128 Å². The van der Waals surface area contributed by atoms with Crippen LogP contribution in [0.5, 0.6) is 0 Å². The monoisotopic (exact) mass is 1250 g/mol. The van der Waals surface area contributed by atoms with E-state index in [1.807, 2.05) is 18.2 Å². The number of fused-ring (bicyclic) bond motifs is 5. The Hall–Kier alpha value is -6.18. The molecule has 464 valence electrons. The van der Waals surface area contributed by atoms with Gasteiger partial charge in [0.05, 0.1) is 13.7 Å². The topological polar surface area (TPSA) is 364 Å². The fourth-order valence-corrected chi connectivity index (χ4v) is 16.7. The zero-order valence-electron chi connectivity index (χ0n) is 49.1. The van der Waals surface area contributed by atoms with Gasteiger partial charge in [-0.1, -0.05) is 44.0 Å². The molecule has 1 aliphatic carbocycles. The molecule has 2 aromatic heterocycles. The summed E-state index contributed by atoms with van der Waals surface area (Å²) in [6, 6.07) is 15.2. The Bertz CT molecular complexity index is 3920. The number of amides is 3. The third-order valence-electron chi connectivity index (χ3n) is 17.0. The molecular weight excluding hydrogens is 1180 g/mol. The molecule has 1 saturated heterocycles. The van der Waals surface area contributed by atoms with Crippen LogP contribution in [0.3, 0.4) is 0 Å². The lowest BCUT2D eigenvalue weighted by Crippen LogP contribution is -2.50. The van der Waals surface area contributed by atoms with Gasteiger partial charge in [-0.25, -0.2) is 27.6 Å². The smallest absolute Gasteiger partial charge is 0.440 e. The molecule has 10 N–H and O–H groups in total. The number of hydrogen-bond donors (Lipinski definition) is 9. The second-order valence-corrected chi connectivity index (χ2v) is 28.2. The van der Waals surface area contributed by atoms with Crippen molar-refractivity contribution in [3.05, 3.63) is 114 Å². The van der Waals surface area contributed by atoms with Crippen LogP contribution in [0.4, 0.5) is 16.4 Å². The maximum absolute atomic E-state index is 14.9. The van der Waals surface area contributed by atoms with E-state index in [2.05, 4.69) is 105 Å². The summed E-state index contributed by atoms with van der Waals surface area (Å²) in [4.78, 5) is 102. The summed E-state index contributed by atoms with van der Waals surface area (Å²) < 4.78 is 64.5. The molecule has 30 heteroatoms. The second kappa shape index (κ2) is 23.7. The van der Waals surface area contributed by atoms with E-state index in [4.69, 9.17) is 29.5 Å². The molecule has 4 aliphatic heterocycles. The van der Waals surface area contributed by atoms with Crippen molar-refractivity contribution in [2.75, 3.05) is 63.6 Å². The van der Waals surface area contributed by atoms with Crippen molar-refractivity contribution in [3.8, 4) is 0 Å². The number of aromatic amines is 1. The van der Waals surface area contributed by atoms with Crippen molar-refractivity contribution in [2.24, 2.45) is 7.05 Å². The standard InChI is InChI=1S/C56H73N10O17P3/c1-9-66-40-27-39-37(26-36(40)31(2)28-55(66,3)4)43(38-25-32-15-12-23-64-24-13-18-35(45(32)64)44(38)56(39,5)6)33-16-10-11-17-34(33)51(70)62(7)22-14-19-42(67)58-20-21-59-54(71)81-48-41(29-79-85(75,76)83-86(77,78)82-84(72,73)74)80-52(47(48)68)65-30-63(8)46-49(65)60-53(57)61-50(46)69/h10-11,16-17,25-27,30-31,41,47-48,52,68H,9,12-15,18-24,28-29H2,1-8H3,(H7-2,57,58,59,60,61,67,69,71,72,73,74,75,76,77,78)/p+2/t31?,41-,47-,48-,52-/m1/s1. The van der Waals surface area contributed by atoms with Crippen molar-refractivity contribution in [3.63, 3.8) is 0 Å². The molecule has 27 nitrogen and oxygen atoms in total. The largest absolute Gasteiger partial charge is 0.490 e. The molecule has 3 amide bonds. The highest BCUT2D eigenvalue weighted by Crippen LogP contribution is 2.66. The Labute approximate surface area is 495 Å². The second-order valence-electron chi connectivity index (χ2n) is 23.8. The average Bonchev–Trinajstić information content (AvgIpc) is 0.877. The zero-order chi connectivity index (χ0) is 62.2. The number of rotatable bonds is 19. The lowest BCUT2D eigenvalue weighted by molar-refractivity contribution is -0.745. The van der Waals surface area contributed by atoms with Gasteiger partial charge in [-0.2, -0.15) is 8.62 Å². The summed E-state index contributed by atoms with van der Waals surface area (Å²) in [5.74, 6) is -0.574. The third kappa shape index (κ3) is 12.4. The molecular formula is C56H75N10O17P3+2. The van der Waals surface area contributed by atoms with Crippen molar-refractivity contribution < 1.29 is 79.9 Å². The number of anilines is 2. The fraction of sp³-hybridized carbons (Fsp3) is 0.518. The molecule has 0 bridgehead atoms. The molecule has 3 unspecified atom stereocenters. The lowest BCUT2D eigenvalue weighted by atomic mass is 9.64. The number of aliphatic hydroxyl groups excluding tert-OH is 1. The van der Waals surface area contributed by atoms with E-state index in [-0.39, 0.29) is 65.9 Å². The molecule has 0 radical (unpaired) electrons. The highest BCUT2D eigenvalue weighted by molar-refractivity contribution is 7.66. The van der Waals surface area contributed by atoms with Crippen LogP contribution in [-0.4, -0.2) is 139 Å². The molecule has 3 aromatic carbocycles. The molecule has 86 heavy (non-hydrogen) atoms. The number of nitrogens with zero attached hydrogens (tertiary/aromatic N) is 6. The number of ether oxygens (including phenoxy) is 2. The van der Waals surface area contributed by atoms with Gasteiger partial charge < -0.3 is 60.3 Å². The number of nitrogens with two attached hydrogens (primary N) is 1. The number of benzene rings is 3. The van der Waals surface area contributed by atoms with E-state index in [0.717, 1.165) is 73.0 Å². The molecule has 1 fully saturated rings. The maximum atomic E-state index is 14.9. The van der Waals surface area contributed by atoms with Gasteiger partial charge in [0.15, 0.2) is 18.5 Å². The Morgan fingerprint density at radius 2 is 1.69 bits per heavy atom. The van der Waals surface area contributed by atoms with E-state index in [1.54, 1.807) is 11.9 Å². The summed E-state index contributed by atoms with van der Waals surface area (Å²) >= 11 is 0. The number of aryl methyl sites for hydroxylation is 2. The van der Waals surface area contributed by atoms with Crippen LogP contribution in [-0.2, 0) is 66.4 Å². The SMILES string of the molecule is CCN1c2cc3c(cc2C(C)CC1(C)C)C(c1ccccc1C(=O)N(C)CCCC(=O)NCCNC(=O)O[C@H]1[C@@H](O)[C@H]([n+]2cn(C)c4c(=O)[nH]c(N)nc42)O[C@@H]1COP(=O)(O)OP(=O)(O)OP(=O)(O)O)=c1cc2c4c(c1C3(C)C)CCC[N+]=4CCC2. The third-order valence-corrected chi connectivity index (χ3v) is 20.8. The Balaban J connectivity index is 0.813. The van der Waals surface area contributed by atoms with Gasteiger partial charge in [0, 0.05) is 85.8 Å². The number of carbonyl (C=O) groups excluding carboxylic acids is 3. The number of phosphoric ester groups is 1. The number of H-pyrrole nitrogens is 1. The zero-order valence-corrected chi connectivity index (χ0v) is 51.8. The number of alkyl carbamates (subject to hydrolysis) is 1. The van der Waals surface area contributed by atoms with Gasteiger partial charge in [0.1, 0.15) is 19.2 Å². The van der Waals surface area contributed by atoms with Crippen LogP contribution in [0.15, 0.2) is 53.6 Å². The van der Waals surface area contributed by atoms with Crippen LogP contribution < -0.4 is 46.5 Å². The molecule has 10 rings (SSSR count). The summed E-state index contributed by atoms with van der Waals surface area (Å²) in [6.45, 7) is 15.8. The Morgan fingerprint density at radius 1 is 0.977 bits per heavy atom. The number of imidazole rings is 1. The summed E-state index contributed by atoms with van der Waals surface area (Å²) in [5.41, 5.74) is 16.2. The van der Waals surface area contributed by atoms with Crippen LogP contribution in [0.25, 0.3) is 16.7 Å². The Morgan fingerprint density at radius 3 is 2.41 bits per heavy atom. The quantitative estimate of drug-likeness (QED) is 0.0326. The molecule has 5 aromatic rings. The van der Waals surface area contributed by atoms with Gasteiger partial charge in [-0.15, -0.1) is 0 Å². The van der Waals surface area contributed by atoms with E-state index < -0.39 is 66.3 Å². The number of aliphatic hydroxyl groups is 1. The summed E-state index contributed by atoms with van der Waals surface area (Å²) in [5, 5.41) is 19.3. The number of nitrogens with one attached hydrogen (secondary N) is 3. The van der Waals surface area contributed by atoms with Gasteiger partial charge in [-0.3, -0.25) is 28.5 Å². The lowest BCUT2D eigenvalue weighted by Gasteiger charge is -2.48. The minimum atomic E-state index is -5.92.